The topological polar surface area (TPSA) is 66.5 Å². The summed E-state index contributed by atoms with van der Waals surface area (Å²) >= 11 is 0. The first kappa shape index (κ1) is 21.5. The molecule has 7 heteroatoms. The van der Waals surface area contributed by atoms with Crippen molar-refractivity contribution in [2.45, 2.75) is 50.0 Å². The molecule has 5 nitrogen and oxygen atoms in total. The van der Waals surface area contributed by atoms with Crippen molar-refractivity contribution in [1.29, 1.82) is 0 Å². The molecule has 0 bridgehead atoms. The Morgan fingerprint density at radius 2 is 1.69 bits per heavy atom. The predicted molar refractivity (Wildman–Crippen MR) is 110 cm³/mol. The first-order valence-electron chi connectivity index (χ1n) is 9.95. The van der Waals surface area contributed by atoms with Gasteiger partial charge in [-0.1, -0.05) is 29.8 Å². The van der Waals surface area contributed by atoms with Gasteiger partial charge in [0.2, 0.25) is 15.9 Å². The molecule has 1 saturated heterocycles. The number of carbonyl (C=O) groups excluding carboxylic acids is 1. The number of rotatable bonds is 7. The molecule has 29 heavy (non-hydrogen) atoms. The molecule has 0 atom stereocenters. The third-order valence-corrected chi connectivity index (χ3v) is 6.81. The van der Waals surface area contributed by atoms with Crippen molar-refractivity contribution in [3.63, 3.8) is 0 Å². The van der Waals surface area contributed by atoms with Crippen molar-refractivity contribution >= 4 is 15.9 Å². The van der Waals surface area contributed by atoms with Crippen molar-refractivity contribution in [3.8, 4) is 0 Å². The lowest BCUT2D eigenvalue weighted by Crippen LogP contribution is -2.46. The van der Waals surface area contributed by atoms with Crippen molar-refractivity contribution in [2.24, 2.45) is 0 Å². The normalized spacial score (nSPS) is 15.4. The Labute approximate surface area is 172 Å². The predicted octanol–water partition coefficient (Wildman–Crippen LogP) is 3.43. The first-order chi connectivity index (χ1) is 13.8. The largest absolute Gasteiger partial charge is 0.343 e. The van der Waals surface area contributed by atoms with Gasteiger partial charge in [0.25, 0.3) is 0 Å². The van der Waals surface area contributed by atoms with Gasteiger partial charge in [-0.3, -0.25) is 4.79 Å². The van der Waals surface area contributed by atoms with Crippen molar-refractivity contribution in [3.05, 3.63) is 65.5 Å². The Bertz CT molecular complexity index is 920. The number of nitrogens with zero attached hydrogens (tertiary/aromatic N) is 1. The van der Waals surface area contributed by atoms with Crippen LogP contribution in [0.4, 0.5) is 4.39 Å². The van der Waals surface area contributed by atoms with Crippen LogP contribution in [0.2, 0.25) is 0 Å². The maximum Gasteiger partial charge on any atom is 0.240 e. The molecule has 1 N–H and O–H groups in total. The molecule has 0 radical (unpaired) electrons. The summed E-state index contributed by atoms with van der Waals surface area (Å²) in [6, 6.07) is 12.9. The van der Waals surface area contributed by atoms with Crippen molar-refractivity contribution in [2.75, 3.05) is 13.1 Å². The monoisotopic (exact) mass is 418 g/mol. The second kappa shape index (κ2) is 9.50. The van der Waals surface area contributed by atoms with Gasteiger partial charge in [0.15, 0.2) is 0 Å². The van der Waals surface area contributed by atoms with Gasteiger partial charge in [-0.15, -0.1) is 0 Å². The summed E-state index contributed by atoms with van der Waals surface area (Å²) < 4.78 is 40.5. The number of amides is 1. The van der Waals surface area contributed by atoms with Crippen molar-refractivity contribution < 1.29 is 17.6 Å². The fourth-order valence-electron chi connectivity index (χ4n) is 3.50. The van der Waals surface area contributed by atoms with E-state index in [2.05, 4.69) is 35.9 Å². The molecule has 0 aromatic heterocycles. The smallest absolute Gasteiger partial charge is 0.240 e. The molecule has 0 saturated carbocycles. The Morgan fingerprint density at radius 3 is 2.31 bits per heavy atom. The summed E-state index contributed by atoms with van der Waals surface area (Å²) in [5.74, 6) is -0.352. The zero-order valence-corrected chi connectivity index (χ0v) is 17.4. The average Bonchev–Trinajstić information content (AvgIpc) is 2.70. The van der Waals surface area contributed by atoms with E-state index in [1.165, 1.54) is 23.3 Å². The summed E-state index contributed by atoms with van der Waals surface area (Å²) in [6.45, 7) is 3.14. The minimum atomic E-state index is -3.68. The van der Waals surface area contributed by atoms with Crippen LogP contribution in [-0.2, 0) is 21.2 Å². The van der Waals surface area contributed by atoms with E-state index in [-0.39, 0.29) is 16.8 Å². The molecule has 2 aromatic rings. The lowest BCUT2D eigenvalue weighted by molar-refractivity contribution is -0.132. The van der Waals surface area contributed by atoms with Crippen LogP contribution in [0, 0.1) is 12.7 Å². The number of likely N-dealkylation sites (tertiary alicyclic amines) is 1. The van der Waals surface area contributed by atoms with E-state index in [1.54, 1.807) is 0 Å². The minimum absolute atomic E-state index is 0.0495. The highest BCUT2D eigenvalue weighted by Gasteiger charge is 2.26. The maximum absolute atomic E-state index is 13.0. The zero-order valence-electron chi connectivity index (χ0n) is 16.6. The first-order valence-corrected chi connectivity index (χ1v) is 11.4. The lowest BCUT2D eigenvalue weighted by Gasteiger charge is -2.32. The van der Waals surface area contributed by atoms with E-state index >= 15 is 0 Å². The summed E-state index contributed by atoms with van der Waals surface area (Å²) in [6.07, 6.45) is 3.33. The quantitative estimate of drug-likeness (QED) is 0.749. The van der Waals surface area contributed by atoms with E-state index in [0.29, 0.717) is 32.4 Å². The van der Waals surface area contributed by atoms with Crippen LogP contribution in [-0.4, -0.2) is 38.4 Å². The number of piperidine rings is 1. The minimum Gasteiger partial charge on any atom is -0.343 e. The summed E-state index contributed by atoms with van der Waals surface area (Å²) in [5.41, 5.74) is 2.46. The molecule has 1 amide bonds. The summed E-state index contributed by atoms with van der Waals surface area (Å²) in [7, 11) is -3.68. The van der Waals surface area contributed by atoms with Crippen LogP contribution in [0.3, 0.4) is 0 Å². The number of hydrogen-bond donors (Lipinski definition) is 1. The molecule has 2 aromatic carbocycles. The molecular formula is C22H27FN2O3S. The number of benzene rings is 2. The van der Waals surface area contributed by atoms with Crippen LogP contribution >= 0.6 is 0 Å². The highest BCUT2D eigenvalue weighted by Crippen LogP contribution is 2.17. The van der Waals surface area contributed by atoms with Crippen LogP contribution in [0.1, 0.15) is 36.8 Å². The highest BCUT2D eigenvalue weighted by atomic mass is 32.2. The van der Waals surface area contributed by atoms with Gasteiger partial charge in [0.1, 0.15) is 5.82 Å². The Balaban J connectivity index is 1.43. The Hall–Kier alpha value is -2.25. The van der Waals surface area contributed by atoms with E-state index in [0.717, 1.165) is 25.0 Å². The number of hydrogen-bond acceptors (Lipinski definition) is 3. The third-order valence-electron chi connectivity index (χ3n) is 5.27. The molecule has 0 spiro atoms. The van der Waals surface area contributed by atoms with Gasteiger partial charge in [0, 0.05) is 25.6 Å². The van der Waals surface area contributed by atoms with E-state index in [9.17, 15) is 17.6 Å². The van der Waals surface area contributed by atoms with Crippen LogP contribution in [0.25, 0.3) is 0 Å². The molecule has 1 heterocycles. The lowest BCUT2D eigenvalue weighted by atomic mass is 10.0. The van der Waals surface area contributed by atoms with Crippen molar-refractivity contribution in [1.82, 2.24) is 9.62 Å². The fourth-order valence-corrected chi connectivity index (χ4v) is 4.81. The molecule has 1 aliphatic heterocycles. The van der Waals surface area contributed by atoms with Crippen LogP contribution < -0.4 is 4.72 Å². The molecule has 156 valence electrons. The number of halogens is 1. The number of sulfonamides is 1. The highest BCUT2D eigenvalue weighted by molar-refractivity contribution is 7.89. The number of nitrogens with one attached hydrogen (secondary N) is 1. The molecule has 3 rings (SSSR count). The van der Waals surface area contributed by atoms with Gasteiger partial charge in [-0.2, -0.15) is 0 Å². The van der Waals surface area contributed by atoms with Crippen LogP contribution in [0.15, 0.2) is 53.4 Å². The molecular weight excluding hydrogens is 391 g/mol. The van der Waals surface area contributed by atoms with Gasteiger partial charge >= 0.3 is 0 Å². The second-order valence-electron chi connectivity index (χ2n) is 7.57. The van der Waals surface area contributed by atoms with E-state index in [4.69, 9.17) is 0 Å². The zero-order chi connectivity index (χ0) is 20.9. The molecule has 0 unspecified atom stereocenters. The average molecular weight is 419 g/mol. The SMILES string of the molecule is Cc1ccc(CCCC(=O)N2CCC(NS(=O)(=O)c3ccc(F)cc3)CC2)cc1. The maximum atomic E-state index is 13.0. The number of carbonyl (C=O) groups is 1. The third kappa shape index (κ3) is 6.11. The van der Waals surface area contributed by atoms with Crippen LogP contribution in [0.5, 0.6) is 0 Å². The fraction of sp³-hybridized carbons (Fsp3) is 0.409. The Kier molecular flexibility index (Phi) is 7.03. The molecule has 1 aliphatic rings. The van der Waals surface area contributed by atoms with E-state index < -0.39 is 15.8 Å². The van der Waals surface area contributed by atoms with Gasteiger partial charge in [0.05, 0.1) is 4.90 Å². The van der Waals surface area contributed by atoms with Gasteiger partial charge in [-0.05, 0) is 62.4 Å². The second-order valence-corrected chi connectivity index (χ2v) is 9.28. The number of aryl methyl sites for hydroxylation is 2. The summed E-state index contributed by atoms with van der Waals surface area (Å²) in [4.78, 5) is 14.3. The molecule has 1 fully saturated rings. The Morgan fingerprint density at radius 1 is 1.07 bits per heavy atom. The standard InChI is InChI=1S/C22H27FN2O3S/c1-17-5-7-18(8-6-17)3-2-4-22(26)25-15-13-20(14-16-25)24-29(27,28)21-11-9-19(23)10-12-21/h5-12,20,24H,2-4,13-16H2,1H3. The molecule has 0 aliphatic carbocycles. The summed E-state index contributed by atoms with van der Waals surface area (Å²) in [5, 5.41) is 0. The van der Waals surface area contributed by atoms with Gasteiger partial charge < -0.3 is 4.90 Å². The van der Waals surface area contributed by atoms with Gasteiger partial charge in [-0.25, -0.2) is 17.5 Å². The van der Waals surface area contributed by atoms with E-state index in [1.807, 2.05) is 4.90 Å².